The average Bonchev–Trinajstić information content (AvgIpc) is 3.18. The molecule has 1 fully saturated rings. The van der Waals surface area contributed by atoms with Crippen LogP contribution in [0.25, 0.3) is 6.08 Å². The molecular weight excluding hydrogens is 366 g/mol. The molecule has 2 aromatic carbocycles. The van der Waals surface area contributed by atoms with E-state index in [1.807, 2.05) is 79.9 Å². The molecule has 0 spiro atoms. The van der Waals surface area contributed by atoms with E-state index in [0.29, 0.717) is 16.6 Å². The highest BCUT2D eigenvalue weighted by atomic mass is 32.2. The lowest BCUT2D eigenvalue weighted by Crippen LogP contribution is -2.28. The van der Waals surface area contributed by atoms with Crippen molar-refractivity contribution < 1.29 is 4.79 Å². The molecule has 0 saturated carbocycles. The second-order valence-corrected chi connectivity index (χ2v) is 7.69. The van der Waals surface area contributed by atoms with E-state index in [9.17, 15) is 4.79 Å². The smallest absolute Gasteiger partial charge is 0.267 e. The number of nitrogens with zero attached hydrogens (tertiary/aromatic N) is 3. The molecule has 4 nitrogen and oxygen atoms in total. The van der Waals surface area contributed by atoms with Crippen LogP contribution in [0.1, 0.15) is 17.0 Å². The molecule has 140 valence electrons. The minimum Gasteiger partial charge on any atom is -0.348 e. The first-order valence-electron chi connectivity index (χ1n) is 9.13. The highest BCUT2D eigenvalue weighted by molar-refractivity contribution is 8.18. The Morgan fingerprint density at radius 1 is 0.964 bits per heavy atom. The Hall–Kier alpha value is -3.05. The first kappa shape index (κ1) is 18.3. The maximum atomic E-state index is 13.2. The maximum Gasteiger partial charge on any atom is 0.267 e. The van der Waals surface area contributed by atoms with Gasteiger partial charge in [0.15, 0.2) is 5.17 Å². The summed E-state index contributed by atoms with van der Waals surface area (Å²) >= 11 is 1.43. The first-order valence-corrected chi connectivity index (χ1v) is 9.95. The number of hydrogen-bond donors (Lipinski definition) is 0. The maximum absolute atomic E-state index is 13.2. The van der Waals surface area contributed by atoms with Crippen LogP contribution >= 0.6 is 11.8 Å². The van der Waals surface area contributed by atoms with Gasteiger partial charge < -0.3 is 4.57 Å². The molecule has 28 heavy (non-hydrogen) atoms. The van der Waals surface area contributed by atoms with Crippen LogP contribution in [0.4, 0.5) is 5.69 Å². The highest BCUT2D eigenvalue weighted by Crippen LogP contribution is 2.35. The van der Waals surface area contributed by atoms with Gasteiger partial charge in [-0.3, -0.25) is 9.69 Å². The molecule has 0 atom stereocenters. The van der Waals surface area contributed by atoms with Gasteiger partial charge in [-0.05, 0) is 54.6 Å². The van der Waals surface area contributed by atoms with Crippen LogP contribution in [-0.2, 0) is 18.4 Å². The van der Waals surface area contributed by atoms with Gasteiger partial charge in [0.25, 0.3) is 5.91 Å². The summed E-state index contributed by atoms with van der Waals surface area (Å²) in [6, 6.07) is 23.8. The van der Waals surface area contributed by atoms with E-state index in [2.05, 4.69) is 17.6 Å². The summed E-state index contributed by atoms with van der Waals surface area (Å²) in [4.78, 5) is 20.4. The highest BCUT2D eigenvalue weighted by Gasteiger charge is 2.33. The van der Waals surface area contributed by atoms with Crippen LogP contribution in [0.3, 0.4) is 0 Å². The minimum atomic E-state index is -0.0117. The molecule has 0 radical (unpaired) electrons. The number of aromatic nitrogens is 1. The van der Waals surface area contributed by atoms with Gasteiger partial charge in [0.2, 0.25) is 0 Å². The normalized spacial score (nSPS) is 17.1. The lowest BCUT2D eigenvalue weighted by Gasteiger charge is -2.15. The molecule has 5 heteroatoms. The summed E-state index contributed by atoms with van der Waals surface area (Å²) < 4.78 is 2.08. The molecular formula is C23H21N3OS. The number of para-hydroxylation sites is 1. The van der Waals surface area contributed by atoms with Gasteiger partial charge in [-0.1, -0.05) is 48.5 Å². The summed E-state index contributed by atoms with van der Waals surface area (Å²) in [6.45, 7) is 2.55. The van der Waals surface area contributed by atoms with E-state index >= 15 is 0 Å². The molecule has 4 rings (SSSR count). The molecule has 0 N–H and O–H groups in total. The van der Waals surface area contributed by atoms with E-state index < -0.39 is 0 Å². The predicted octanol–water partition coefficient (Wildman–Crippen LogP) is 5.14. The van der Waals surface area contributed by atoms with Crippen LogP contribution in [0.15, 0.2) is 82.7 Å². The number of aryl methyl sites for hydroxylation is 1. The van der Waals surface area contributed by atoms with Gasteiger partial charge in [0, 0.05) is 18.4 Å². The third-order valence-corrected chi connectivity index (χ3v) is 5.75. The van der Waals surface area contributed by atoms with Gasteiger partial charge in [-0.2, -0.15) is 0 Å². The Kier molecular flexibility index (Phi) is 5.17. The van der Waals surface area contributed by atoms with E-state index in [1.54, 1.807) is 4.90 Å². The Balaban J connectivity index is 1.71. The van der Waals surface area contributed by atoms with Crippen LogP contribution < -0.4 is 0 Å². The molecule has 1 amide bonds. The number of aliphatic imine (C=N–C) groups is 1. The molecule has 0 bridgehead atoms. The second-order valence-electron chi connectivity index (χ2n) is 6.68. The first-order chi connectivity index (χ1) is 13.6. The van der Waals surface area contributed by atoms with Gasteiger partial charge in [0.05, 0.1) is 17.1 Å². The summed E-state index contributed by atoms with van der Waals surface area (Å²) in [5.74, 6) is -0.0117. The number of carbonyl (C=O) groups is 1. The molecule has 0 aliphatic carbocycles. The SMILES string of the molecule is Cc1ccc(/C=C2\SC(=Nc3ccccc3)N(Cc3ccccc3)C2=O)n1C. The van der Waals surface area contributed by atoms with Crippen molar-refractivity contribution in [2.24, 2.45) is 12.0 Å². The molecule has 3 aromatic rings. The number of benzene rings is 2. The standard InChI is InChI=1S/C23H21N3OS/c1-17-13-14-20(25(17)2)15-21-22(27)26(16-18-9-5-3-6-10-18)23(28-21)24-19-11-7-4-8-12-19/h3-15H,16H2,1-2H3/b21-15-,24-23?. The fourth-order valence-electron chi connectivity index (χ4n) is 3.02. The monoisotopic (exact) mass is 387 g/mol. The molecule has 0 unspecified atom stereocenters. The predicted molar refractivity (Wildman–Crippen MR) is 116 cm³/mol. The minimum absolute atomic E-state index is 0.0117. The number of rotatable bonds is 4. The van der Waals surface area contributed by atoms with Gasteiger partial charge in [-0.15, -0.1) is 0 Å². The van der Waals surface area contributed by atoms with Gasteiger partial charge >= 0.3 is 0 Å². The average molecular weight is 388 g/mol. The van der Waals surface area contributed by atoms with Gasteiger partial charge in [0.1, 0.15) is 0 Å². The Labute approximate surface area is 169 Å². The van der Waals surface area contributed by atoms with Crippen LogP contribution in [0, 0.1) is 6.92 Å². The summed E-state index contributed by atoms with van der Waals surface area (Å²) in [7, 11) is 2.01. The number of amides is 1. The quantitative estimate of drug-likeness (QED) is 0.582. The zero-order valence-electron chi connectivity index (χ0n) is 15.9. The van der Waals surface area contributed by atoms with Crippen molar-refractivity contribution in [3.63, 3.8) is 0 Å². The van der Waals surface area contributed by atoms with Crippen LogP contribution in [0.2, 0.25) is 0 Å². The van der Waals surface area contributed by atoms with Crippen molar-refractivity contribution in [1.29, 1.82) is 0 Å². The van der Waals surface area contributed by atoms with Crippen molar-refractivity contribution in [1.82, 2.24) is 9.47 Å². The fourth-order valence-corrected chi connectivity index (χ4v) is 4.00. The van der Waals surface area contributed by atoms with E-state index in [4.69, 9.17) is 4.99 Å². The van der Waals surface area contributed by atoms with Crippen LogP contribution in [0.5, 0.6) is 0 Å². The van der Waals surface area contributed by atoms with Crippen molar-refractivity contribution in [2.75, 3.05) is 0 Å². The van der Waals surface area contributed by atoms with Crippen molar-refractivity contribution in [2.45, 2.75) is 13.5 Å². The third kappa shape index (κ3) is 3.80. The topological polar surface area (TPSA) is 37.6 Å². The van der Waals surface area contributed by atoms with E-state index in [-0.39, 0.29) is 5.91 Å². The van der Waals surface area contributed by atoms with Crippen molar-refractivity contribution in [3.05, 3.63) is 94.7 Å². The Bertz CT molecular complexity index is 1050. The number of hydrogen-bond acceptors (Lipinski definition) is 3. The number of thioether (sulfide) groups is 1. The summed E-state index contributed by atoms with van der Waals surface area (Å²) in [5.41, 5.74) is 4.08. The lowest BCUT2D eigenvalue weighted by molar-refractivity contribution is -0.122. The fraction of sp³-hybridized carbons (Fsp3) is 0.130. The van der Waals surface area contributed by atoms with E-state index in [1.165, 1.54) is 11.8 Å². The lowest BCUT2D eigenvalue weighted by atomic mass is 10.2. The third-order valence-electron chi connectivity index (χ3n) is 4.74. The number of amidine groups is 1. The van der Waals surface area contributed by atoms with E-state index in [0.717, 1.165) is 22.6 Å². The summed E-state index contributed by atoms with van der Waals surface area (Å²) in [6.07, 6.45) is 1.95. The molecule has 2 heterocycles. The molecule has 1 aliphatic heterocycles. The van der Waals surface area contributed by atoms with Crippen molar-refractivity contribution >= 4 is 34.6 Å². The Morgan fingerprint density at radius 2 is 1.64 bits per heavy atom. The number of carbonyl (C=O) groups excluding carboxylic acids is 1. The molecule has 1 aliphatic rings. The molecule has 1 aromatic heterocycles. The largest absolute Gasteiger partial charge is 0.348 e. The zero-order chi connectivity index (χ0) is 19.5. The van der Waals surface area contributed by atoms with Crippen LogP contribution in [-0.4, -0.2) is 20.5 Å². The van der Waals surface area contributed by atoms with Gasteiger partial charge in [-0.25, -0.2) is 4.99 Å². The second kappa shape index (κ2) is 7.90. The zero-order valence-corrected chi connectivity index (χ0v) is 16.7. The molecule has 1 saturated heterocycles. The Morgan fingerprint density at radius 3 is 2.29 bits per heavy atom. The van der Waals surface area contributed by atoms with Crippen molar-refractivity contribution in [3.8, 4) is 0 Å². The summed E-state index contributed by atoms with van der Waals surface area (Å²) in [5, 5.41) is 0.706.